The van der Waals surface area contributed by atoms with Gasteiger partial charge in [-0.05, 0) is 16.7 Å². The van der Waals surface area contributed by atoms with Crippen molar-refractivity contribution in [1.82, 2.24) is 0 Å². The molecule has 76 valence electrons. The molecule has 1 heteroatoms. The number of hydrogen-bond donors (Lipinski definition) is 0. The zero-order valence-corrected chi connectivity index (χ0v) is 8.48. The van der Waals surface area contributed by atoms with Crippen LogP contribution in [0.25, 0.3) is 17.2 Å². The maximum absolute atomic E-state index is 3.82. The molecule has 0 atom stereocenters. The minimum absolute atomic E-state index is 0. The fraction of sp³-hybridized carbons (Fsp3) is 0. The van der Waals surface area contributed by atoms with Crippen LogP contribution in [-0.2, 0) is 0 Å². The van der Waals surface area contributed by atoms with Gasteiger partial charge in [-0.25, -0.2) is 0 Å². The van der Waals surface area contributed by atoms with Crippen molar-refractivity contribution in [3.63, 3.8) is 0 Å². The Labute approximate surface area is 90.0 Å². The Morgan fingerprint density at radius 1 is 0.800 bits per heavy atom. The molecule has 0 spiro atoms. The molecule has 0 amide bonds. The average Bonchev–Trinajstić information content (AvgIpc) is 2.30. The topological polar surface area (TPSA) is 31.5 Å². The zero-order valence-electron chi connectivity index (χ0n) is 8.48. The summed E-state index contributed by atoms with van der Waals surface area (Å²) >= 11 is 0. The highest BCUT2D eigenvalue weighted by molar-refractivity contribution is 5.74. The summed E-state index contributed by atoms with van der Waals surface area (Å²) < 4.78 is 0. The van der Waals surface area contributed by atoms with Crippen LogP contribution in [-0.4, -0.2) is 5.48 Å². The Kier molecular flexibility index (Phi) is 3.83. The van der Waals surface area contributed by atoms with E-state index in [9.17, 15) is 0 Å². The first-order valence-electron chi connectivity index (χ1n) is 4.68. The second kappa shape index (κ2) is 5.13. The molecule has 0 bridgehead atoms. The fourth-order valence-corrected chi connectivity index (χ4v) is 1.56. The third-order valence-corrected chi connectivity index (χ3v) is 2.27. The van der Waals surface area contributed by atoms with Crippen molar-refractivity contribution in [3.05, 3.63) is 66.7 Å². The quantitative estimate of drug-likeness (QED) is 0.710. The molecule has 2 N–H and O–H groups in total. The van der Waals surface area contributed by atoms with E-state index in [0.717, 1.165) is 0 Å². The first kappa shape index (κ1) is 11.2. The van der Waals surface area contributed by atoms with E-state index < -0.39 is 0 Å². The fourth-order valence-electron chi connectivity index (χ4n) is 1.56. The summed E-state index contributed by atoms with van der Waals surface area (Å²) in [6.45, 7) is 3.82. The number of benzene rings is 2. The molecule has 0 saturated heterocycles. The summed E-state index contributed by atoms with van der Waals surface area (Å²) in [6, 6.07) is 18.6. The smallest absolute Gasteiger partial charge is 0.0112 e. The minimum Gasteiger partial charge on any atom is -0.412 e. The molecular weight excluding hydrogens is 184 g/mol. The van der Waals surface area contributed by atoms with E-state index in [4.69, 9.17) is 0 Å². The van der Waals surface area contributed by atoms with Crippen LogP contribution in [0.2, 0.25) is 0 Å². The second-order valence-electron chi connectivity index (χ2n) is 3.16. The minimum atomic E-state index is 0. The summed E-state index contributed by atoms with van der Waals surface area (Å²) in [5.41, 5.74) is 3.66. The van der Waals surface area contributed by atoms with E-state index >= 15 is 0 Å². The van der Waals surface area contributed by atoms with Gasteiger partial charge in [-0.1, -0.05) is 67.3 Å². The molecule has 0 aliphatic carbocycles. The summed E-state index contributed by atoms with van der Waals surface area (Å²) in [5, 5.41) is 0. The van der Waals surface area contributed by atoms with Crippen molar-refractivity contribution in [2.75, 3.05) is 0 Å². The summed E-state index contributed by atoms with van der Waals surface area (Å²) in [5.74, 6) is 0. The van der Waals surface area contributed by atoms with E-state index in [-0.39, 0.29) is 5.48 Å². The number of rotatable bonds is 2. The van der Waals surface area contributed by atoms with Crippen LogP contribution in [0.3, 0.4) is 0 Å². The second-order valence-corrected chi connectivity index (χ2v) is 3.16. The Morgan fingerprint density at radius 2 is 1.40 bits per heavy atom. The van der Waals surface area contributed by atoms with Gasteiger partial charge < -0.3 is 5.48 Å². The van der Waals surface area contributed by atoms with Crippen molar-refractivity contribution in [1.29, 1.82) is 0 Å². The maximum Gasteiger partial charge on any atom is -0.0112 e. The monoisotopic (exact) mass is 198 g/mol. The highest BCUT2D eigenvalue weighted by Gasteiger charge is 1.99. The van der Waals surface area contributed by atoms with E-state index in [1.54, 1.807) is 0 Å². The molecule has 0 aromatic heterocycles. The van der Waals surface area contributed by atoms with Gasteiger partial charge in [-0.2, -0.15) is 0 Å². The van der Waals surface area contributed by atoms with E-state index in [0.29, 0.717) is 0 Å². The Morgan fingerprint density at radius 3 is 2.07 bits per heavy atom. The largest absolute Gasteiger partial charge is 0.412 e. The van der Waals surface area contributed by atoms with Crippen molar-refractivity contribution < 1.29 is 5.48 Å². The van der Waals surface area contributed by atoms with Crippen LogP contribution in [0.4, 0.5) is 0 Å². The zero-order chi connectivity index (χ0) is 9.80. The number of hydrogen-bond acceptors (Lipinski definition) is 0. The molecule has 2 rings (SSSR count). The van der Waals surface area contributed by atoms with Crippen LogP contribution in [0.15, 0.2) is 61.2 Å². The van der Waals surface area contributed by atoms with Gasteiger partial charge in [0.15, 0.2) is 0 Å². The molecule has 0 aliphatic heterocycles. The molecule has 1 nitrogen and oxygen atoms in total. The average molecular weight is 198 g/mol. The lowest BCUT2D eigenvalue weighted by Gasteiger charge is -2.04. The highest BCUT2D eigenvalue weighted by atomic mass is 16.0. The molecule has 0 heterocycles. The molecule has 2 aromatic carbocycles. The van der Waals surface area contributed by atoms with E-state index in [1.807, 2.05) is 18.2 Å². The Hall–Kier alpha value is -1.86. The normalized spacial score (nSPS) is 9.07. The van der Waals surface area contributed by atoms with E-state index in [2.05, 4.69) is 49.0 Å². The summed E-state index contributed by atoms with van der Waals surface area (Å²) in [6.07, 6.45) is 1.89. The van der Waals surface area contributed by atoms with Crippen molar-refractivity contribution in [3.8, 4) is 11.1 Å². The van der Waals surface area contributed by atoms with Crippen LogP contribution in [0, 0.1) is 0 Å². The van der Waals surface area contributed by atoms with Gasteiger partial charge in [0.05, 0.1) is 0 Å². The lowest BCUT2D eigenvalue weighted by molar-refractivity contribution is 0.824. The van der Waals surface area contributed by atoms with Gasteiger partial charge in [0, 0.05) is 0 Å². The molecule has 0 fully saturated rings. The molecule has 15 heavy (non-hydrogen) atoms. The lowest BCUT2D eigenvalue weighted by atomic mass is 10.00. The van der Waals surface area contributed by atoms with Crippen molar-refractivity contribution in [2.45, 2.75) is 0 Å². The summed E-state index contributed by atoms with van der Waals surface area (Å²) in [4.78, 5) is 0. The first-order chi connectivity index (χ1) is 6.92. The molecule has 0 unspecified atom stereocenters. The molecule has 2 aromatic rings. The lowest BCUT2D eigenvalue weighted by Crippen LogP contribution is -1.81. The highest BCUT2D eigenvalue weighted by Crippen LogP contribution is 2.23. The third kappa shape index (κ3) is 2.33. The Balaban J connectivity index is 0.00000112. The van der Waals surface area contributed by atoms with Gasteiger partial charge in [-0.15, -0.1) is 0 Å². The van der Waals surface area contributed by atoms with Gasteiger partial charge >= 0.3 is 0 Å². The standard InChI is InChI=1S/C14H12.H2O/c1-2-12-8-6-7-11-14(12)13-9-4-3-5-10-13;/h2-11H,1H2;1H2. The van der Waals surface area contributed by atoms with Gasteiger partial charge in [0.1, 0.15) is 0 Å². The molecule has 0 saturated carbocycles. The van der Waals surface area contributed by atoms with Crippen LogP contribution < -0.4 is 0 Å². The van der Waals surface area contributed by atoms with Crippen molar-refractivity contribution >= 4 is 6.08 Å². The van der Waals surface area contributed by atoms with Crippen LogP contribution in [0.5, 0.6) is 0 Å². The third-order valence-electron chi connectivity index (χ3n) is 2.27. The maximum atomic E-state index is 3.82. The first-order valence-corrected chi connectivity index (χ1v) is 4.68. The van der Waals surface area contributed by atoms with Crippen LogP contribution in [0.1, 0.15) is 5.56 Å². The molecule has 0 aliphatic rings. The summed E-state index contributed by atoms with van der Waals surface area (Å²) in [7, 11) is 0. The predicted molar refractivity (Wildman–Crippen MR) is 65.6 cm³/mol. The van der Waals surface area contributed by atoms with Gasteiger partial charge in [0.25, 0.3) is 0 Å². The van der Waals surface area contributed by atoms with Gasteiger partial charge in [0.2, 0.25) is 0 Å². The molecular formula is C14H14O. The SMILES string of the molecule is C=Cc1ccccc1-c1ccccc1.O. The van der Waals surface area contributed by atoms with Gasteiger partial charge in [-0.3, -0.25) is 0 Å². The van der Waals surface area contributed by atoms with E-state index in [1.165, 1.54) is 16.7 Å². The predicted octanol–water partition coefficient (Wildman–Crippen LogP) is 3.17. The Bertz CT molecular complexity index is 432. The molecule has 0 radical (unpaired) electrons. The van der Waals surface area contributed by atoms with Crippen LogP contribution >= 0.6 is 0 Å². The van der Waals surface area contributed by atoms with Crippen molar-refractivity contribution in [2.24, 2.45) is 0 Å².